The lowest BCUT2D eigenvalue weighted by molar-refractivity contribution is -0.131. The molecule has 1 aromatic heterocycles. The summed E-state index contributed by atoms with van der Waals surface area (Å²) in [6, 6.07) is 22.0. The molecule has 2 aromatic carbocycles. The van der Waals surface area contributed by atoms with Crippen LogP contribution < -0.4 is 4.90 Å². The number of carbonyl (C=O) groups excluding carboxylic acids is 1. The number of hydrogen-bond acceptors (Lipinski definition) is 4. The summed E-state index contributed by atoms with van der Waals surface area (Å²) in [5.74, 6) is 0.702. The van der Waals surface area contributed by atoms with Crippen molar-refractivity contribution in [3.8, 4) is 11.3 Å². The predicted molar refractivity (Wildman–Crippen MR) is 101 cm³/mol. The fraction of sp³-hybridized carbons (Fsp3) is 0.238. The van der Waals surface area contributed by atoms with Crippen LogP contribution in [0.1, 0.15) is 5.76 Å². The van der Waals surface area contributed by atoms with E-state index in [1.807, 2.05) is 59.5 Å². The van der Waals surface area contributed by atoms with Gasteiger partial charge in [-0.2, -0.15) is 0 Å². The van der Waals surface area contributed by atoms with E-state index in [0.29, 0.717) is 5.76 Å². The lowest BCUT2D eigenvalue weighted by Crippen LogP contribution is -2.49. The fourth-order valence-electron chi connectivity index (χ4n) is 3.25. The molecular formula is C21H21N3O2. The highest BCUT2D eigenvalue weighted by atomic mass is 16.5. The largest absolute Gasteiger partial charge is 0.368 e. The Balaban J connectivity index is 1.34. The number of anilines is 1. The highest BCUT2D eigenvalue weighted by Crippen LogP contribution is 2.20. The summed E-state index contributed by atoms with van der Waals surface area (Å²) in [7, 11) is 0. The Morgan fingerprint density at radius 1 is 0.923 bits per heavy atom. The van der Waals surface area contributed by atoms with Crippen molar-refractivity contribution in [3.05, 3.63) is 72.5 Å². The molecule has 1 saturated heterocycles. The van der Waals surface area contributed by atoms with Crippen molar-refractivity contribution in [1.29, 1.82) is 0 Å². The second-order valence-electron chi connectivity index (χ2n) is 6.42. The summed E-state index contributed by atoms with van der Waals surface area (Å²) in [6.45, 7) is 3.16. The normalized spacial score (nSPS) is 14.5. The van der Waals surface area contributed by atoms with Crippen molar-refractivity contribution in [2.45, 2.75) is 6.42 Å². The minimum Gasteiger partial charge on any atom is -0.368 e. The van der Waals surface area contributed by atoms with Gasteiger partial charge in [-0.15, -0.1) is 0 Å². The van der Waals surface area contributed by atoms with Gasteiger partial charge in [0.05, 0.1) is 6.42 Å². The Hall–Kier alpha value is -3.08. The molecule has 1 aliphatic rings. The zero-order valence-electron chi connectivity index (χ0n) is 14.5. The molecule has 1 amide bonds. The maximum atomic E-state index is 12.6. The van der Waals surface area contributed by atoms with E-state index in [2.05, 4.69) is 22.2 Å². The van der Waals surface area contributed by atoms with Crippen molar-refractivity contribution in [2.75, 3.05) is 31.1 Å². The first-order chi connectivity index (χ1) is 12.8. The molecule has 0 bridgehead atoms. The van der Waals surface area contributed by atoms with Crippen LogP contribution in [0.4, 0.5) is 5.69 Å². The smallest absolute Gasteiger partial charge is 0.230 e. The molecule has 0 spiro atoms. The van der Waals surface area contributed by atoms with Gasteiger partial charge >= 0.3 is 0 Å². The number of benzene rings is 2. The lowest BCUT2D eigenvalue weighted by atomic mass is 10.1. The number of piperazine rings is 1. The third-order valence-corrected chi connectivity index (χ3v) is 4.71. The molecule has 26 heavy (non-hydrogen) atoms. The summed E-state index contributed by atoms with van der Waals surface area (Å²) in [5, 5.41) is 4.08. The molecule has 3 aromatic rings. The van der Waals surface area contributed by atoms with Crippen LogP contribution in [0.25, 0.3) is 11.3 Å². The van der Waals surface area contributed by atoms with Gasteiger partial charge in [-0.05, 0) is 12.1 Å². The van der Waals surface area contributed by atoms with E-state index in [0.717, 1.165) is 37.4 Å². The van der Waals surface area contributed by atoms with Crippen LogP contribution in [0, 0.1) is 0 Å². The second kappa shape index (κ2) is 7.44. The van der Waals surface area contributed by atoms with Crippen molar-refractivity contribution in [3.63, 3.8) is 0 Å². The van der Waals surface area contributed by atoms with E-state index in [4.69, 9.17) is 4.52 Å². The van der Waals surface area contributed by atoms with Crippen LogP contribution in [0.5, 0.6) is 0 Å². The average molecular weight is 347 g/mol. The standard InChI is InChI=1S/C21H21N3O2/c25-21(16-19-15-20(22-26-19)17-7-3-1-4-8-17)24-13-11-23(12-14-24)18-9-5-2-6-10-18/h1-10,15H,11-14,16H2. The van der Waals surface area contributed by atoms with Gasteiger partial charge in [-0.1, -0.05) is 53.7 Å². The first kappa shape index (κ1) is 16.4. The molecular weight excluding hydrogens is 326 g/mol. The van der Waals surface area contributed by atoms with Gasteiger partial charge in [0, 0.05) is 43.5 Å². The average Bonchev–Trinajstić information content (AvgIpc) is 3.18. The van der Waals surface area contributed by atoms with Gasteiger partial charge in [-0.25, -0.2) is 0 Å². The van der Waals surface area contributed by atoms with Crippen molar-refractivity contribution < 1.29 is 9.32 Å². The quantitative estimate of drug-likeness (QED) is 0.727. The summed E-state index contributed by atoms with van der Waals surface area (Å²) < 4.78 is 5.36. The third kappa shape index (κ3) is 3.61. The van der Waals surface area contributed by atoms with E-state index in [1.54, 1.807) is 0 Å². The second-order valence-corrected chi connectivity index (χ2v) is 6.42. The number of aromatic nitrogens is 1. The number of hydrogen-bond donors (Lipinski definition) is 0. The zero-order chi connectivity index (χ0) is 17.8. The number of rotatable bonds is 4. The maximum Gasteiger partial charge on any atom is 0.230 e. The summed E-state index contributed by atoms with van der Waals surface area (Å²) in [6.07, 6.45) is 0.255. The molecule has 0 N–H and O–H groups in total. The van der Waals surface area contributed by atoms with Crippen molar-refractivity contribution in [1.82, 2.24) is 10.1 Å². The minimum atomic E-state index is 0.0912. The summed E-state index contributed by atoms with van der Waals surface area (Å²) in [4.78, 5) is 16.8. The van der Waals surface area contributed by atoms with Gasteiger partial charge in [0.2, 0.25) is 5.91 Å². The van der Waals surface area contributed by atoms with Crippen molar-refractivity contribution >= 4 is 11.6 Å². The Morgan fingerprint density at radius 3 is 2.27 bits per heavy atom. The first-order valence-electron chi connectivity index (χ1n) is 8.88. The summed E-state index contributed by atoms with van der Waals surface area (Å²) in [5.41, 5.74) is 2.97. The van der Waals surface area contributed by atoms with E-state index in [9.17, 15) is 4.79 Å². The number of para-hydroxylation sites is 1. The van der Waals surface area contributed by atoms with E-state index < -0.39 is 0 Å². The monoisotopic (exact) mass is 347 g/mol. The molecule has 0 radical (unpaired) electrons. The number of nitrogens with zero attached hydrogens (tertiary/aromatic N) is 3. The topological polar surface area (TPSA) is 49.6 Å². The number of carbonyl (C=O) groups is 1. The van der Waals surface area contributed by atoms with Crippen LogP contribution in [-0.4, -0.2) is 42.1 Å². The highest BCUT2D eigenvalue weighted by Gasteiger charge is 2.22. The Bertz CT molecular complexity index is 853. The molecule has 2 heterocycles. The van der Waals surface area contributed by atoms with E-state index in [1.165, 1.54) is 5.69 Å². The van der Waals surface area contributed by atoms with Crippen LogP contribution >= 0.6 is 0 Å². The zero-order valence-corrected chi connectivity index (χ0v) is 14.5. The molecule has 132 valence electrons. The predicted octanol–water partition coefficient (Wildman–Crippen LogP) is 3.23. The number of amides is 1. The molecule has 4 rings (SSSR count). The molecule has 5 heteroatoms. The third-order valence-electron chi connectivity index (χ3n) is 4.71. The maximum absolute atomic E-state index is 12.6. The van der Waals surface area contributed by atoms with Gasteiger partial charge in [0.15, 0.2) is 0 Å². The van der Waals surface area contributed by atoms with Gasteiger partial charge in [0.1, 0.15) is 11.5 Å². The first-order valence-corrected chi connectivity index (χ1v) is 8.88. The minimum absolute atomic E-state index is 0.0912. The molecule has 5 nitrogen and oxygen atoms in total. The molecule has 1 aliphatic heterocycles. The Morgan fingerprint density at radius 2 is 1.58 bits per heavy atom. The Kier molecular flexibility index (Phi) is 4.69. The molecule has 0 atom stereocenters. The summed E-state index contributed by atoms with van der Waals surface area (Å²) >= 11 is 0. The van der Waals surface area contributed by atoms with Gasteiger partial charge in [-0.3, -0.25) is 4.79 Å². The molecule has 0 saturated carbocycles. The molecule has 0 unspecified atom stereocenters. The van der Waals surface area contributed by atoms with Crippen LogP contribution in [0.15, 0.2) is 71.3 Å². The van der Waals surface area contributed by atoms with Crippen molar-refractivity contribution in [2.24, 2.45) is 0 Å². The Labute approximate surface area is 152 Å². The van der Waals surface area contributed by atoms with E-state index >= 15 is 0 Å². The van der Waals surface area contributed by atoms with Crippen LogP contribution in [-0.2, 0) is 11.2 Å². The molecule has 0 aliphatic carbocycles. The fourth-order valence-corrected chi connectivity index (χ4v) is 3.25. The SMILES string of the molecule is O=C(Cc1cc(-c2ccccc2)no1)N1CCN(c2ccccc2)CC1. The highest BCUT2D eigenvalue weighted by molar-refractivity contribution is 5.79. The molecule has 1 fully saturated rings. The van der Waals surface area contributed by atoms with Crippen LogP contribution in [0.3, 0.4) is 0 Å². The lowest BCUT2D eigenvalue weighted by Gasteiger charge is -2.36. The van der Waals surface area contributed by atoms with Gasteiger partial charge < -0.3 is 14.3 Å². The van der Waals surface area contributed by atoms with E-state index in [-0.39, 0.29) is 12.3 Å². The van der Waals surface area contributed by atoms with Gasteiger partial charge in [0.25, 0.3) is 0 Å². The van der Waals surface area contributed by atoms with Crippen LogP contribution in [0.2, 0.25) is 0 Å².